The molecule has 0 aliphatic carbocycles. The summed E-state index contributed by atoms with van der Waals surface area (Å²) in [5.41, 5.74) is 2.36. The van der Waals surface area contributed by atoms with Gasteiger partial charge in [-0.05, 0) is 18.6 Å². The quantitative estimate of drug-likeness (QED) is 0.503. The number of carbonyl (C=O) groups is 1. The molecule has 0 aliphatic heterocycles. The molecule has 0 unspecified atom stereocenters. The van der Waals surface area contributed by atoms with Crippen molar-refractivity contribution in [1.29, 1.82) is 0 Å². The zero-order chi connectivity index (χ0) is 19.0. The van der Waals surface area contributed by atoms with E-state index in [2.05, 4.69) is 4.98 Å². The number of fused-ring (bicyclic) bond motifs is 1. The van der Waals surface area contributed by atoms with E-state index in [-0.39, 0.29) is 17.9 Å². The molecular formula is C20H16N2O4S. The van der Waals surface area contributed by atoms with Crippen LogP contribution in [0.4, 0.5) is 0 Å². The Hall–Kier alpha value is -3.19. The Balaban J connectivity index is 1.77. The van der Waals surface area contributed by atoms with Crippen LogP contribution in [0.2, 0.25) is 0 Å². The fourth-order valence-electron chi connectivity index (χ4n) is 3.00. The molecule has 1 aromatic carbocycles. The van der Waals surface area contributed by atoms with Gasteiger partial charge in [-0.25, -0.2) is 9.78 Å². The lowest BCUT2D eigenvalue weighted by Crippen LogP contribution is -2.20. The normalized spacial score (nSPS) is 11.0. The largest absolute Gasteiger partial charge is 0.463 e. The molecule has 0 fully saturated rings. The van der Waals surface area contributed by atoms with Crippen molar-refractivity contribution in [2.45, 2.75) is 13.5 Å². The topological polar surface area (TPSA) is 74.3 Å². The van der Waals surface area contributed by atoms with Gasteiger partial charge in [-0.15, -0.1) is 11.3 Å². The van der Waals surface area contributed by atoms with E-state index in [1.807, 2.05) is 35.7 Å². The number of methoxy groups -OCH3 is 1. The third kappa shape index (κ3) is 3.06. The van der Waals surface area contributed by atoms with Gasteiger partial charge in [0.05, 0.1) is 25.4 Å². The molecule has 0 spiro atoms. The van der Waals surface area contributed by atoms with Gasteiger partial charge in [0.2, 0.25) is 5.76 Å². The molecule has 3 aromatic heterocycles. The summed E-state index contributed by atoms with van der Waals surface area (Å²) in [7, 11) is 1.30. The molecule has 136 valence electrons. The number of carbonyl (C=O) groups excluding carboxylic acids is 1. The Kier molecular flexibility index (Phi) is 4.37. The van der Waals surface area contributed by atoms with Gasteiger partial charge in [0.15, 0.2) is 0 Å². The smallest absolute Gasteiger partial charge is 0.374 e. The standard InChI is InChI=1S/C20H16N2O4S/c1-12-8-14(26-17(12)20(24)25-2)9-22-11-21-18-16(19(22)23)15(10-27-18)13-6-4-3-5-7-13/h3-8,10-11H,9H2,1-2H3. The van der Waals surface area contributed by atoms with Crippen LogP contribution >= 0.6 is 11.3 Å². The van der Waals surface area contributed by atoms with E-state index in [0.717, 1.165) is 11.1 Å². The highest BCUT2D eigenvalue weighted by molar-refractivity contribution is 7.17. The van der Waals surface area contributed by atoms with E-state index >= 15 is 0 Å². The molecule has 4 rings (SSSR count). The predicted octanol–water partition coefficient (Wildman–Crippen LogP) is 3.86. The maximum absolute atomic E-state index is 13.1. The monoisotopic (exact) mass is 380 g/mol. The third-order valence-electron chi connectivity index (χ3n) is 4.31. The number of hydrogen-bond donors (Lipinski definition) is 0. The molecule has 0 atom stereocenters. The zero-order valence-electron chi connectivity index (χ0n) is 14.8. The second kappa shape index (κ2) is 6.85. The maximum Gasteiger partial charge on any atom is 0.374 e. The van der Waals surface area contributed by atoms with Crippen LogP contribution in [-0.2, 0) is 11.3 Å². The van der Waals surface area contributed by atoms with Crippen molar-refractivity contribution in [2.75, 3.05) is 7.11 Å². The molecule has 0 amide bonds. The summed E-state index contributed by atoms with van der Waals surface area (Å²) in [5.74, 6) is 0.103. The molecule has 6 nitrogen and oxygen atoms in total. The summed E-state index contributed by atoms with van der Waals surface area (Å²) in [5, 5.41) is 2.54. The molecule has 7 heteroatoms. The van der Waals surface area contributed by atoms with E-state index in [1.165, 1.54) is 29.3 Å². The van der Waals surface area contributed by atoms with E-state index in [4.69, 9.17) is 9.15 Å². The number of benzene rings is 1. The first-order valence-electron chi connectivity index (χ1n) is 8.28. The van der Waals surface area contributed by atoms with Crippen molar-refractivity contribution in [3.8, 4) is 11.1 Å². The zero-order valence-corrected chi connectivity index (χ0v) is 15.6. The summed E-state index contributed by atoms with van der Waals surface area (Å²) in [6.07, 6.45) is 1.51. The van der Waals surface area contributed by atoms with Crippen LogP contribution in [0.1, 0.15) is 21.9 Å². The number of nitrogens with zero attached hydrogens (tertiary/aromatic N) is 2. The minimum absolute atomic E-state index is 0.145. The fourth-order valence-corrected chi connectivity index (χ4v) is 3.91. The average molecular weight is 380 g/mol. The summed E-state index contributed by atoms with van der Waals surface area (Å²) in [6, 6.07) is 11.5. The van der Waals surface area contributed by atoms with Crippen molar-refractivity contribution in [2.24, 2.45) is 0 Å². The average Bonchev–Trinajstić information content (AvgIpc) is 3.28. The second-order valence-electron chi connectivity index (χ2n) is 6.09. The molecular weight excluding hydrogens is 364 g/mol. The lowest BCUT2D eigenvalue weighted by molar-refractivity contribution is 0.0561. The van der Waals surface area contributed by atoms with Crippen molar-refractivity contribution < 1.29 is 13.9 Å². The highest BCUT2D eigenvalue weighted by Crippen LogP contribution is 2.30. The van der Waals surface area contributed by atoms with Crippen LogP contribution in [0.25, 0.3) is 21.3 Å². The minimum Gasteiger partial charge on any atom is -0.463 e. The summed E-state index contributed by atoms with van der Waals surface area (Å²) in [6.45, 7) is 1.94. The third-order valence-corrected chi connectivity index (χ3v) is 5.20. The van der Waals surface area contributed by atoms with Crippen molar-refractivity contribution in [3.05, 3.63) is 75.5 Å². The number of esters is 1. The van der Waals surface area contributed by atoms with Crippen LogP contribution in [0, 0.1) is 6.92 Å². The van der Waals surface area contributed by atoms with Gasteiger partial charge >= 0.3 is 5.97 Å². The summed E-state index contributed by atoms with van der Waals surface area (Å²) >= 11 is 1.44. The number of ether oxygens (including phenoxy) is 1. The molecule has 3 heterocycles. The maximum atomic E-state index is 13.1. The molecule has 4 aromatic rings. The first kappa shape index (κ1) is 17.2. The minimum atomic E-state index is -0.538. The Labute approximate surface area is 158 Å². The molecule has 0 saturated carbocycles. The van der Waals surface area contributed by atoms with E-state index in [9.17, 15) is 9.59 Å². The number of furan rings is 1. The first-order chi connectivity index (χ1) is 13.1. The van der Waals surface area contributed by atoms with Crippen LogP contribution in [0.15, 0.2) is 57.3 Å². The fraction of sp³-hybridized carbons (Fsp3) is 0.150. The van der Waals surface area contributed by atoms with Crippen LogP contribution in [0.3, 0.4) is 0 Å². The number of aromatic nitrogens is 2. The summed E-state index contributed by atoms with van der Waals surface area (Å²) in [4.78, 5) is 29.9. The van der Waals surface area contributed by atoms with Gasteiger partial charge in [0.25, 0.3) is 5.56 Å². The highest BCUT2D eigenvalue weighted by atomic mass is 32.1. The van der Waals surface area contributed by atoms with E-state index in [1.54, 1.807) is 13.0 Å². The molecule has 0 N–H and O–H groups in total. The molecule has 27 heavy (non-hydrogen) atoms. The van der Waals surface area contributed by atoms with Crippen molar-refractivity contribution >= 4 is 27.5 Å². The lowest BCUT2D eigenvalue weighted by atomic mass is 10.1. The van der Waals surface area contributed by atoms with Gasteiger partial charge in [-0.3, -0.25) is 9.36 Å². The van der Waals surface area contributed by atoms with Gasteiger partial charge in [0, 0.05) is 16.5 Å². The number of thiophene rings is 1. The number of aryl methyl sites for hydroxylation is 1. The van der Waals surface area contributed by atoms with Gasteiger partial charge in [-0.1, -0.05) is 30.3 Å². The molecule has 0 radical (unpaired) electrons. The number of rotatable bonds is 4. The van der Waals surface area contributed by atoms with Gasteiger partial charge < -0.3 is 9.15 Å². The van der Waals surface area contributed by atoms with Gasteiger partial charge in [-0.2, -0.15) is 0 Å². The molecule has 0 saturated heterocycles. The van der Waals surface area contributed by atoms with Gasteiger partial charge in [0.1, 0.15) is 10.6 Å². The molecule has 0 bridgehead atoms. The Morgan fingerprint density at radius 3 is 2.81 bits per heavy atom. The lowest BCUT2D eigenvalue weighted by Gasteiger charge is -2.04. The van der Waals surface area contributed by atoms with E-state index in [0.29, 0.717) is 21.5 Å². The Morgan fingerprint density at radius 1 is 1.30 bits per heavy atom. The van der Waals surface area contributed by atoms with Crippen LogP contribution < -0.4 is 5.56 Å². The SMILES string of the molecule is COC(=O)c1oc(Cn2cnc3scc(-c4ccccc4)c3c2=O)cc1C. The number of hydrogen-bond acceptors (Lipinski definition) is 6. The predicted molar refractivity (Wildman–Crippen MR) is 103 cm³/mol. The van der Waals surface area contributed by atoms with Crippen LogP contribution in [-0.4, -0.2) is 22.6 Å². The highest BCUT2D eigenvalue weighted by Gasteiger charge is 2.18. The summed E-state index contributed by atoms with van der Waals surface area (Å²) < 4.78 is 11.8. The Morgan fingerprint density at radius 2 is 2.07 bits per heavy atom. The van der Waals surface area contributed by atoms with E-state index < -0.39 is 5.97 Å². The second-order valence-corrected chi connectivity index (χ2v) is 6.95. The molecule has 0 aliphatic rings. The van der Waals surface area contributed by atoms with Crippen molar-refractivity contribution in [1.82, 2.24) is 9.55 Å². The van der Waals surface area contributed by atoms with Crippen LogP contribution in [0.5, 0.6) is 0 Å². The first-order valence-corrected chi connectivity index (χ1v) is 9.16. The van der Waals surface area contributed by atoms with Crippen molar-refractivity contribution in [3.63, 3.8) is 0 Å². The Bertz CT molecular complexity index is 1190.